The number of fused-ring (bicyclic) bond motifs is 1. The highest BCUT2D eigenvalue weighted by Gasteiger charge is 2.42. The number of hydrogen-bond donors (Lipinski definition) is 1. The Morgan fingerprint density at radius 1 is 0.893 bits per heavy atom. The molecule has 0 fully saturated rings. The molecule has 2 heterocycles. The summed E-state index contributed by atoms with van der Waals surface area (Å²) in [7, 11) is 0. The van der Waals surface area contributed by atoms with Gasteiger partial charge in [-0.05, 0) is 29.8 Å². The van der Waals surface area contributed by atoms with Gasteiger partial charge in [-0.2, -0.15) is 0 Å². The van der Waals surface area contributed by atoms with Gasteiger partial charge in [-0.1, -0.05) is 42.5 Å². The summed E-state index contributed by atoms with van der Waals surface area (Å²) >= 11 is 0. The molecular formula is C22H18N2O4. The number of benzene rings is 2. The van der Waals surface area contributed by atoms with Crippen molar-refractivity contribution >= 4 is 17.7 Å². The maximum Gasteiger partial charge on any atom is 0.262 e. The zero-order chi connectivity index (χ0) is 19.5. The highest BCUT2D eigenvalue weighted by molar-refractivity contribution is 6.22. The second-order valence-electron chi connectivity index (χ2n) is 6.53. The molecule has 6 heteroatoms. The third-order valence-electron chi connectivity index (χ3n) is 4.73. The van der Waals surface area contributed by atoms with E-state index in [9.17, 15) is 14.4 Å². The van der Waals surface area contributed by atoms with Crippen LogP contribution < -0.4 is 5.32 Å². The summed E-state index contributed by atoms with van der Waals surface area (Å²) in [6.07, 6.45) is 1.75. The number of nitrogens with one attached hydrogen (secondary N) is 1. The topological polar surface area (TPSA) is 79.6 Å². The molecule has 0 aliphatic carbocycles. The predicted octanol–water partition coefficient (Wildman–Crippen LogP) is 2.80. The molecule has 1 unspecified atom stereocenters. The second-order valence-corrected chi connectivity index (χ2v) is 6.53. The van der Waals surface area contributed by atoms with Gasteiger partial charge in [0.15, 0.2) is 0 Å². The van der Waals surface area contributed by atoms with Gasteiger partial charge in [0.25, 0.3) is 11.8 Å². The zero-order valence-corrected chi connectivity index (χ0v) is 15.0. The molecule has 1 aliphatic rings. The molecule has 0 spiro atoms. The highest BCUT2D eigenvalue weighted by Crippen LogP contribution is 2.26. The summed E-state index contributed by atoms with van der Waals surface area (Å²) < 4.78 is 5.24. The molecule has 4 rings (SSSR count). The monoisotopic (exact) mass is 374 g/mol. The fourth-order valence-corrected chi connectivity index (χ4v) is 3.33. The van der Waals surface area contributed by atoms with Crippen LogP contribution in [0.15, 0.2) is 77.4 Å². The smallest absolute Gasteiger partial charge is 0.262 e. The molecule has 0 saturated heterocycles. The highest BCUT2D eigenvalue weighted by atomic mass is 16.3. The van der Waals surface area contributed by atoms with Gasteiger partial charge in [0.05, 0.1) is 23.9 Å². The third-order valence-corrected chi connectivity index (χ3v) is 4.73. The summed E-state index contributed by atoms with van der Waals surface area (Å²) in [5, 5.41) is 2.77. The van der Waals surface area contributed by atoms with Gasteiger partial charge in [-0.15, -0.1) is 0 Å². The first-order valence-electron chi connectivity index (χ1n) is 8.96. The van der Waals surface area contributed by atoms with Gasteiger partial charge >= 0.3 is 0 Å². The van der Waals surface area contributed by atoms with Crippen LogP contribution in [0.2, 0.25) is 0 Å². The molecule has 1 atom stereocenters. The molecular weight excluding hydrogens is 356 g/mol. The van der Waals surface area contributed by atoms with Gasteiger partial charge in [0.2, 0.25) is 5.91 Å². The largest absolute Gasteiger partial charge is 0.467 e. The number of rotatable bonds is 6. The van der Waals surface area contributed by atoms with E-state index >= 15 is 0 Å². The summed E-state index contributed by atoms with van der Waals surface area (Å²) in [5.41, 5.74) is 1.51. The summed E-state index contributed by atoms with van der Waals surface area (Å²) in [4.78, 5) is 39.8. The van der Waals surface area contributed by atoms with Crippen molar-refractivity contribution in [3.05, 3.63) is 95.4 Å². The van der Waals surface area contributed by atoms with Crippen LogP contribution in [0.3, 0.4) is 0 Å². The van der Waals surface area contributed by atoms with Crippen molar-refractivity contribution in [1.29, 1.82) is 0 Å². The maximum atomic E-state index is 13.0. The summed E-state index contributed by atoms with van der Waals surface area (Å²) in [6.45, 7) is 0.181. The number of amides is 3. The van der Waals surface area contributed by atoms with E-state index in [1.165, 1.54) is 6.26 Å². The molecule has 28 heavy (non-hydrogen) atoms. The Labute approximate surface area is 161 Å². The molecule has 3 amide bonds. The standard InChI is InChI=1S/C22H18N2O4/c25-20(23-14-16-9-6-12-28-16)19(13-15-7-2-1-3-8-15)24-21(26)17-10-4-5-11-18(17)22(24)27/h1-12,19H,13-14H2,(H,23,25). The summed E-state index contributed by atoms with van der Waals surface area (Å²) in [5.74, 6) is -0.715. The van der Waals surface area contributed by atoms with E-state index in [-0.39, 0.29) is 13.0 Å². The average Bonchev–Trinajstić information content (AvgIpc) is 3.33. The van der Waals surface area contributed by atoms with Crippen molar-refractivity contribution in [3.8, 4) is 0 Å². The molecule has 1 aromatic heterocycles. The Kier molecular flexibility index (Phi) is 4.76. The van der Waals surface area contributed by atoms with E-state index in [0.29, 0.717) is 16.9 Å². The Balaban J connectivity index is 1.62. The van der Waals surface area contributed by atoms with E-state index in [2.05, 4.69) is 5.32 Å². The fourth-order valence-electron chi connectivity index (χ4n) is 3.33. The van der Waals surface area contributed by atoms with Crippen molar-refractivity contribution in [2.75, 3.05) is 0 Å². The Morgan fingerprint density at radius 3 is 2.14 bits per heavy atom. The Morgan fingerprint density at radius 2 is 1.54 bits per heavy atom. The first-order chi connectivity index (χ1) is 13.6. The molecule has 1 N–H and O–H groups in total. The summed E-state index contributed by atoms with van der Waals surface area (Å²) in [6, 6.07) is 18.5. The van der Waals surface area contributed by atoms with Crippen LogP contribution in [0.4, 0.5) is 0 Å². The minimum absolute atomic E-state index is 0.181. The van der Waals surface area contributed by atoms with Gasteiger partial charge in [-0.25, -0.2) is 0 Å². The van der Waals surface area contributed by atoms with E-state index < -0.39 is 23.8 Å². The van der Waals surface area contributed by atoms with E-state index in [1.807, 2.05) is 30.3 Å². The van der Waals surface area contributed by atoms with Gasteiger partial charge in [-0.3, -0.25) is 19.3 Å². The molecule has 140 valence electrons. The third kappa shape index (κ3) is 3.32. The van der Waals surface area contributed by atoms with Crippen molar-refractivity contribution < 1.29 is 18.8 Å². The van der Waals surface area contributed by atoms with E-state index in [1.54, 1.807) is 36.4 Å². The first kappa shape index (κ1) is 17.7. The maximum absolute atomic E-state index is 13.0. The molecule has 0 bridgehead atoms. The van der Waals surface area contributed by atoms with Crippen molar-refractivity contribution in [3.63, 3.8) is 0 Å². The van der Waals surface area contributed by atoms with Crippen LogP contribution in [0.25, 0.3) is 0 Å². The zero-order valence-electron chi connectivity index (χ0n) is 15.0. The lowest BCUT2D eigenvalue weighted by Crippen LogP contribution is -2.50. The SMILES string of the molecule is O=C(NCc1ccco1)C(Cc1ccccc1)N1C(=O)c2ccccc2C1=O. The minimum Gasteiger partial charge on any atom is -0.467 e. The van der Waals surface area contributed by atoms with Gasteiger partial charge in [0.1, 0.15) is 11.8 Å². The van der Waals surface area contributed by atoms with Crippen LogP contribution in [-0.2, 0) is 17.8 Å². The number of nitrogens with zero attached hydrogens (tertiary/aromatic N) is 1. The predicted molar refractivity (Wildman–Crippen MR) is 101 cm³/mol. The number of imide groups is 1. The number of carbonyl (C=O) groups excluding carboxylic acids is 3. The molecule has 6 nitrogen and oxygen atoms in total. The van der Waals surface area contributed by atoms with Crippen LogP contribution >= 0.6 is 0 Å². The van der Waals surface area contributed by atoms with Crippen LogP contribution in [0.5, 0.6) is 0 Å². The van der Waals surface area contributed by atoms with Crippen molar-refractivity contribution in [2.45, 2.75) is 19.0 Å². The Hall–Kier alpha value is -3.67. The van der Waals surface area contributed by atoms with Gasteiger partial charge in [0, 0.05) is 6.42 Å². The van der Waals surface area contributed by atoms with Crippen LogP contribution in [0.1, 0.15) is 32.0 Å². The van der Waals surface area contributed by atoms with Crippen LogP contribution in [0, 0.1) is 0 Å². The van der Waals surface area contributed by atoms with Crippen LogP contribution in [-0.4, -0.2) is 28.7 Å². The van der Waals surface area contributed by atoms with Crippen molar-refractivity contribution in [1.82, 2.24) is 10.2 Å². The molecule has 0 saturated carbocycles. The number of carbonyl (C=O) groups is 3. The number of hydrogen-bond acceptors (Lipinski definition) is 4. The minimum atomic E-state index is -0.954. The van der Waals surface area contributed by atoms with Crippen molar-refractivity contribution in [2.24, 2.45) is 0 Å². The second kappa shape index (κ2) is 7.52. The lowest BCUT2D eigenvalue weighted by Gasteiger charge is -2.25. The first-order valence-corrected chi connectivity index (χ1v) is 8.96. The average molecular weight is 374 g/mol. The lowest BCUT2D eigenvalue weighted by atomic mass is 10.0. The quantitative estimate of drug-likeness (QED) is 0.673. The molecule has 3 aromatic rings. The molecule has 1 aliphatic heterocycles. The molecule has 0 radical (unpaired) electrons. The fraction of sp³-hybridized carbons (Fsp3) is 0.136. The normalized spacial score (nSPS) is 14.1. The molecule has 2 aromatic carbocycles. The lowest BCUT2D eigenvalue weighted by molar-refractivity contribution is -0.125. The van der Waals surface area contributed by atoms with E-state index in [4.69, 9.17) is 4.42 Å². The number of furan rings is 1. The van der Waals surface area contributed by atoms with E-state index in [0.717, 1.165) is 10.5 Å². The Bertz CT molecular complexity index is 977. The van der Waals surface area contributed by atoms with Gasteiger partial charge < -0.3 is 9.73 Å².